The topological polar surface area (TPSA) is 39.5 Å². The fraction of sp³-hybridized carbons (Fsp3) is 0.550. The molecule has 3 rings (SSSR count). The Morgan fingerprint density at radius 2 is 2.11 bits per heavy atom. The summed E-state index contributed by atoms with van der Waals surface area (Å²) >= 11 is 0. The molecule has 28 heavy (non-hydrogen) atoms. The van der Waals surface area contributed by atoms with Gasteiger partial charge in [0.25, 0.3) is 0 Å². The molecule has 0 unspecified atom stereocenters. The van der Waals surface area contributed by atoms with Gasteiger partial charge >= 0.3 is 6.18 Å². The number of morpholine rings is 1. The summed E-state index contributed by atoms with van der Waals surface area (Å²) in [6, 6.07) is 6.93. The molecule has 1 aliphatic heterocycles. The molecule has 1 aromatic carbocycles. The van der Waals surface area contributed by atoms with E-state index in [1.807, 2.05) is 13.1 Å². The molecule has 0 radical (unpaired) electrons. The minimum atomic E-state index is -4.37. The Kier molecular flexibility index (Phi) is 6.61. The van der Waals surface area contributed by atoms with E-state index in [2.05, 4.69) is 16.9 Å². The van der Waals surface area contributed by atoms with Crippen LogP contribution in [0, 0.1) is 0 Å². The highest BCUT2D eigenvalue weighted by Gasteiger charge is 2.30. The zero-order valence-corrected chi connectivity index (χ0v) is 16.2. The highest BCUT2D eigenvalue weighted by molar-refractivity contribution is 5.30. The molecule has 1 aliphatic rings. The standard InChI is InChI=1S/C20H26F3N3O2/c1-3-8-26-9-11-28-19(14-26)18-13-16(25(2)24-18)7-10-27-17-6-4-5-15(12-17)20(21,22)23/h4-6,12-13,19H,3,7-11,14H2,1-2H3/t19-/m1/s1. The summed E-state index contributed by atoms with van der Waals surface area (Å²) in [5.41, 5.74) is 1.13. The summed E-state index contributed by atoms with van der Waals surface area (Å²) in [5.74, 6) is 0.211. The fourth-order valence-corrected chi connectivity index (χ4v) is 3.36. The molecule has 0 bridgehead atoms. The van der Waals surface area contributed by atoms with Crippen molar-refractivity contribution in [2.75, 3.05) is 32.8 Å². The molecule has 0 N–H and O–H groups in total. The van der Waals surface area contributed by atoms with Gasteiger partial charge in [0, 0.05) is 32.3 Å². The third-order valence-electron chi connectivity index (χ3n) is 4.80. The molecule has 0 spiro atoms. The maximum Gasteiger partial charge on any atom is 0.416 e. The summed E-state index contributed by atoms with van der Waals surface area (Å²) in [5, 5.41) is 4.56. The Hall–Kier alpha value is -2.06. The first-order valence-electron chi connectivity index (χ1n) is 9.53. The predicted molar refractivity (Wildman–Crippen MR) is 99.3 cm³/mol. The molecule has 1 aromatic heterocycles. The first kappa shape index (κ1) is 20.7. The second kappa shape index (κ2) is 8.96. The van der Waals surface area contributed by atoms with Crippen molar-refractivity contribution < 1.29 is 22.6 Å². The SMILES string of the molecule is CCCN1CCO[C@@H](c2cc(CCOc3cccc(C(F)(F)F)c3)n(C)n2)C1. The van der Waals surface area contributed by atoms with Gasteiger partial charge in [-0.3, -0.25) is 9.58 Å². The lowest BCUT2D eigenvalue weighted by molar-refractivity contribution is -0.137. The molecule has 5 nitrogen and oxygen atoms in total. The van der Waals surface area contributed by atoms with Crippen LogP contribution in [-0.4, -0.2) is 47.5 Å². The molecule has 154 valence electrons. The molecule has 0 saturated carbocycles. The van der Waals surface area contributed by atoms with E-state index in [0.29, 0.717) is 13.0 Å². The number of nitrogens with zero attached hydrogens (tertiary/aromatic N) is 3. The van der Waals surface area contributed by atoms with E-state index in [9.17, 15) is 13.2 Å². The Morgan fingerprint density at radius 1 is 1.29 bits per heavy atom. The van der Waals surface area contributed by atoms with Gasteiger partial charge in [-0.1, -0.05) is 13.0 Å². The van der Waals surface area contributed by atoms with E-state index < -0.39 is 11.7 Å². The average molecular weight is 397 g/mol. The van der Waals surface area contributed by atoms with E-state index in [1.54, 1.807) is 4.68 Å². The minimum Gasteiger partial charge on any atom is -0.493 e. The Bertz CT molecular complexity index is 774. The average Bonchev–Trinajstić information content (AvgIpc) is 3.03. The van der Waals surface area contributed by atoms with E-state index in [-0.39, 0.29) is 18.5 Å². The van der Waals surface area contributed by atoms with Gasteiger partial charge in [-0.25, -0.2) is 0 Å². The molecule has 2 heterocycles. The van der Waals surface area contributed by atoms with E-state index in [4.69, 9.17) is 9.47 Å². The van der Waals surface area contributed by atoms with Crippen LogP contribution in [0.1, 0.15) is 36.4 Å². The molecular formula is C20H26F3N3O2. The Balaban J connectivity index is 1.57. The Labute approximate surface area is 163 Å². The predicted octanol–water partition coefficient (Wildman–Crippen LogP) is 3.84. The molecule has 1 atom stereocenters. The van der Waals surface area contributed by atoms with E-state index in [1.165, 1.54) is 12.1 Å². The van der Waals surface area contributed by atoms with Crippen molar-refractivity contribution in [3.05, 3.63) is 47.3 Å². The zero-order chi connectivity index (χ0) is 20.1. The van der Waals surface area contributed by atoms with E-state index >= 15 is 0 Å². The second-order valence-corrected chi connectivity index (χ2v) is 6.97. The van der Waals surface area contributed by atoms with Crippen LogP contribution >= 0.6 is 0 Å². The highest BCUT2D eigenvalue weighted by atomic mass is 19.4. The van der Waals surface area contributed by atoms with Crippen molar-refractivity contribution in [3.8, 4) is 5.75 Å². The number of hydrogen-bond acceptors (Lipinski definition) is 4. The van der Waals surface area contributed by atoms with Crippen molar-refractivity contribution in [2.45, 2.75) is 32.0 Å². The second-order valence-electron chi connectivity index (χ2n) is 6.97. The van der Waals surface area contributed by atoms with Gasteiger partial charge in [-0.15, -0.1) is 0 Å². The quantitative estimate of drug-likeness (QED) is 0.712. The van der Waals surface area contributed by atoms with Crippen LogP contribution in [-0.2, 0) is 24.4 Å². The van der Waals surface area contributed by atoms with Gasteiger partial charge in [0.15, 0.2) is 0 Å². The number of halogens is 3. The summed E-state index contributed by atoms with van der Waals surface area (Å²) < 4.78 is 51.5. The monoisotopic (exact) mass is 397 g/mol. The largest absolute Gasteiger partial charge is 0.493 e. The summed E-state index contributed by atoms with van der Waals surface area (Å²) in [4.78, 5) is 2.37. The number of aryl methyl sites for hydroxylation is 1. The molecule has 1 saturated heterocycles. The maximum absolute atomic E-state index is 12.8. The van der Waals surface area contributed by atoms with Gasteiger partial charge in [0.1, 0.15) is 11.9 Å². The van der Waals surface area contributed by atoms with Crippen LogP contribution in [0.15, 0.2) is 30.3 Å². The van der Waals surface area contributed by atoms with Crippen LogP contribution in [0.4, 0.5) is 13.2 Å². The lowest BCUT2D eigenvalue weighted by Crippen LogP contribution is -2.38. The van der Waals surface area contributed by atoms with Gasteiger partial charge in [-0.05, 0) is 37.2 Å². The summed E-state index contributed by atoms with van der Waals surface area (Å²) in [6.45, 7) is 5.93. The van der Waals surface area contributed by atoms with Crippen molar-refractivity contribution in [1.29, 1.82) is 0 Å². The summed E-state index contributed by atoms with van der Waals surface area (Å²) in [6.07, 6.45) is -2.77. The molecule has 2 aromatic rings. The van der Waals surface area contributed by atoms with Crippen LogP contribution in [0.25, 0.3) is 0 Å². The van der Waals surface area contributed by atoms with Gasteiger partial charge in [0.2, 0.25) is 0 Å². The first-order chi connectivity index (χ1) is 13.4. The van der Waals surface area contributed by atoms with Crippen molar-refractivity contribution in [3.63, 3.8) is 0 Å². The van der Waals surface area contributed by atoms with Crippen LogP contribution in [0.5, 0.6) is 5.75 Å². The minimum absolute atomic E-state index is 0.0513. The number of alkyl halides is 3. The Morgan fingerprint density at radius 3 is 2.86 bits per heavy atom. The highest BCUT2D eigenvalue weighted by Crippen LogP contribution is 2.31. The van der Waals surface area contributed by atoms with Gasteiger partial charge < -0.3 is 9.47 Å². The van der Waals surface area contributed by atoms with Crippen molar-refractivity contribution >= 4 is 0 Å². The number of aromatic nitrogens is 2. The lowest BCUT2D eigenvalue weighted by atomic mass is 10.2. The van der Waals surface area contributed by atoms with Gasteiger partial charge in [-0.2, -0.15) is 18.3 Å². The first-order valence-corrected chi connectivity index (χ1v) is 9.53. The van der Waals surface area contributed by atoms with Gasteiger partial charge in [0.05, 0.1) is 24.5 Å². The van der Waals surface area contributed by atoms with Crippen molar-refractivity contribution in [2.24, 2.45) is 7.05 Å². The fourth-order valence-electron chi connectivity index (χ4n) is 3.36. The zero-order valence-electron chi connectivity index (χ0n) is 16.2. The van der Waals surface area contributed by atoms with Crippen molar-refractivity contribution in [1.82, 2.24) is 14.7 Å². The normalized spacial score (nSPS) is 18.4. The number of benzene rings is 1. The molecule has 1 fully saturated rings. The number of ether oxygens (including phenoxy) is 2. The number of rotatable bonds is 7. The third-order valence-corrected chi connectivity index (χ3v) is 4.80. The number of hydrogen-bond donors (Lipinski definition) is 0. The van der Waals surface area contributed by atoms with Crippen LogP contribution < -0.4 is 4.74 Å². The van der Waals surface area contributed by atoms with Crippen LogP contribution in [0.3, 0.4) is 0 Å². The third kappa shape index (κ3) is 5.26. The van der Waals surface area contributed by atoms with Crippen LogP contribution in [0.2, 0.25) is 0 Å². The molecule has 8 heteroatoms. The lowest BCUT2D eigenvalue weighted by Gasteiger charge is -2.31. The smallest absolute Gasteiger partial charge is 0.416 e. The molecular weight excluding hydrogens is 371 g/mol. The van der Waals surface area contributed by atoms with E-state index in [0.717, 1.165) is 49.6 Å². The summed E-state index contributed by atoms with van der Waals surface area (Å²) in [7, 11) is 1.86. The maximum atomic E-state index is 12.8. The molecule has 0 amide bonds. The molecule has 0 aliphatic carbocycles.